The summed E-state index contributed by atoms with van der Waals surface area (Å²) in [6, 6.07) is 4.74. The van der Waals surface area contributed by atoms with Gasteiger partial charge in [0, 0.05) is 56.7 Å². The van der Waals surface area contributed by atoms with E-state index in [1.54, 1.807) is 12.1 Å². The Balaban J connectivity index is 1.34. The molecule has 0 aromatic carbocycles. The summed E-state index contributed by atoms with van der Waals surface area (Å²) in [7, 11) is -2.05. The Morgan fingerprint density at radius 3 is 2.72 bits per heavy atom. The van der Waals surface area contributed by atoms with E-state index in [1.807, 2.05) is 0 Å². The molecule has 3 unspecified atom stereocenters. The Morgan fingerprint density at radius 2 is 2.09 bits per heavy atom. The van der Waals surface area contributed by atoms with Gasteiger partial charge in [-0.15, -0.1) is 0 Å². The summed E-state index contributed by atoms with van der Waals surface area (Å²) in [6.07, 6.45) is 0.577. The number of halogens is 2. The maximum Gasteiger partial charge on any atom is 0.276 e. The highest BCUT2D eigenvalue weighted by molar-refractivity contribution is 8.26. The number of likely N-dealkylation sites (tertiary alicyclic amines) is 1. The van der Waals surface area contributed by atoms with Crippen LogP contribution in [0.25, 0.3) is 0 Å². The molecule has 1 aliphatic carbocycles. The largest absolute Gasteiger partial charge is 0.391 e. The monoisotopic (exact) mass is 471 g/mol. The quantitative estimate of drug-likeness (QED) is 0.617. The number of aliphatic hydroxyl groups excluding tert-OH is 1. The molecule has 1 saturated heterocycles. The lowest BCUT2D eigenvalue weighted by molar-refractivity contribution is 0.0368. The lowest BCUT2D eigenvalue weighted by Crippen LogP contribution is -2.46. The van der Waals surface area contributed by atoms with Gasteiger partial charge in [0.2, 0.25) is 0 Å². The Labute approximate surface area is 184 Å². The van der Waals surface area contributed by atoms with Crippen LogP contribution in [0.2, 0.25) is 0 Å². The van der Waals surface area contributed by atoms with E-state index in [4.69, 9.17) is 4.52 Å². The Kier molecular flexibility index (Phi) is 4.85. The highest BCUT2D eigenvalue weighted by atomic mass is 32.3. The summed E-state index contributed by atoms with van der Waals surface area (Å²) < 4.78 is 55.2. The number of aromatic nitrogens is 2. The van der Waals surface area contributed by atoms with E-state index < -0.39 is 28.9 Å². The molecule has 3 N–H and O–H groups in total. The van der Waals surface area contributed by atoms with Crippen LogP contribution >= 0.6 is 11.0 Å². The smallest absolute Gasteiger partial charge is 0.276 e. The van der Waals surface area contributed by atoms with Crippen molar-refractivity contribution in [1.82, 2.24) is 15.0 Å². The first-order valence-electron chi connectivity index (χ1n) is 10.2. The number of pyridine rings is 1. The number of piperidine rings is 1. The number of hydrogen-bond acceptors (Lipinski definition) is 9. The summed E-state index contributed by atoms with van der Waals surface area (Å²) in [5, 5.41) is 14.3. The molecular weight excluding hydrogens is 448 g/mol. The van der Waals surface area contributed by atoms with E-state index >= 15 is 0 Å². The third-order valence-electron chi connectivity index (χ3n) is 6.35. The number of hydrogen-bond donors (Lipinski definition) is 3. The number of aliphatic hydroxyl groups is 1. The summed E-state index contributed by atoms with van der Waals surface area (Å²) in [5.41, 5.74) is 1.07. The van der Waals surface area contributed by atoms with E-state index in [0.717, 1.165) is 0 Å². The molecule has 0 bridgehead atoms. The number of carbonyl (C=O) groups excluding carboxylic acids is 1. The molecule has 0 radical (unpaired) electrons. The fourth-order valence-corrected chi connectivity index (χ4v) is 5.74. The van der Waals surface area contributed by atoms with E-state index in [0.29, 0.717) is 24.3 Å². The molecule has 2 aromatic heterocycles. The molecule has 1 saturated carbocycles. The van der Waals surface area contributed by atoms with Crippen molar-refractivity contribution >= 4 is 28.4 Å². The van der Waals surface area contributed by atoms with Gasteiger partial charge in [-0.05, 0) is 29.5 Å². The van der Waals surface area contributed by atoms with Crippen molar-refractivity contribution in [3.8, 4) is 0 Å². The number of amides is 1. The third kappa shape index (κ3) is 3.39. The van der Waals surface area contributed by atoms with Crippen LogP contribution in [0.1, 0.15) is 34.9 Å². The van der Waals surface area contributed by atoms with Crippen LogP contribution in [-0.4, -0.2) is 73.9 Å². The zero-order valence-electron chi connectivity index (χ0n) is 17.1. The summed E-state index contributed by atoms with van der Waals surface area (Å²) in [4.78, 5) is 18.5. The van der Waals surface area contributed by atoms with Crippen LogP contribution in [0.3, 0.4) is 0 Å². The second-order valence-corrected chi connectivity index (χ2v) is 10.4. The maximum absolute atomic E-state index is 13.4. The van der Waals surface area contributed by atoms with Gasteiger partial charge in [-0.2, -0.15) is 0 Å². The predicted molar refractivity (Wildman–Crippen MR) is 112 cm³/mol. The van der Waals surface area contributed by atoms with Crippen molar-refractivity contribution < 1.29 is 32.3 Å². The van der Waals surface area contributed by atoms with Crippen molar-refractivity contribution in [1.29, 1.82) is 0 Å². The van der Waals surface area contributed by atoms with Gasteiger partial charge in [0.25, 0.3) is 11.8 Å². The highest BCUT2D eigenvalue weighted by Crippen LogP contribution is 2.62. The van der Waals surface area contributed by atoms with Crippen molar-refractivity contribution in [3.63, 3.8) is 0 Å². The Hall–Kier alpha value is -2.48. The van der Waals surface area contributed by atoms with Gasteiger partial charge in [0.1, 0.15) is 12.0 Å². The van der Waals surface area contributed by atoms with Crippen LogP contribution in [0.15, 0.2) is 29.0 Å². The van der Waals surface area contributed by atoms with E-state index in [1.165, 1.54) is 32.9 Å². The number of β-amino-alcohol motifs (C(OH)–C–C–N with tert-alkyl or cyclic N) is 1. The Bertz CT molecular complexity index is 1040. The normalized spacial score (nSPS) is 29.1. The van der Waals surface area contributed by atoms with Gasteiger partial charge in [-0.25, -0.2) is 22.4 Å². The number of fused-ring (bicyclic) bond motifs is 1. The molecule has 13 heteroatoms. The summed E-state index contributed by atoms with van der Waals surface area (Å²) in [5.74, 6) is -4.16. The molecule has 4 heterocycles. The first-order chi connectivity index (χ1) is 15.1. The van der Waals surface area contributed by atoms with E-state index in [9.17, 15) is 27.8 Å². The average Bonchev–Trinajstić information content (AvgIpc) is 3.09. The van der Waals surface area contributed by atoms with Crippen molar-refractivity contribution in [2.24, 2.45) is 5.92 Å². The van der Waals surface area contributed by atoms with Crippen LogP contribution in [0, 0.1) is 5.92 Å². The average molecular weight is 471 g/mol. The minimum absolute atomic E-state index is 0.0863. The van der Waals surface area contributed by atoms with E-state index in [-0.39, 0.29) is 42.8 Å². The van der Waals surface area contributed by atoms with Gasteiger partial charge in [0.15, 0.2) is 11.5 Å². The second-order valence-electron chi connectivity index (χ2n) is 8.39. The van der Waals surface area contributed by atoms with Gasteiger partial charge >= 0.3 is 0 Å². The van der Waals surface area contributed by atoms with Crippen molar-refractivity contribution in [3.05, 3.63) is 35.9 Å². The van der Waals surface area contributed by atoms with Crippen LogP contribution in [0.5, 0.6) is 0 Å². The molecule has 32 heavy (non-hydrogen) atoms. The van der Waals surface area contributed by atoms with Crippen molar-refractivity contribution in [2.45, 2.75) is 30.8 Å². The number of nitrogens with zero attached hydrogens (tertiary/aromatic N) is 5. The van der Waals surface area contributed by atoms with Crippen LogP contribution in [0.4, 0.5) is 20.3 Å². The minimum atomic E-state index is -3.50. The fraction of sp³-hybridized carbons (Fsp3) is 0.526. The van der Waals surface area contributed by atoms with Crippen molar-refractivity contribution in [2.75, 3.05) is 35.3 Å². The van der Waals surface area contributed by atoms with Crippen LogP contribution < -0.4 is 8.61 Å². The molecule has 5 rings (SSSR count). The number of rotatable bonds is 4. The maximum atomic E-state index is 13.4. The van der Waals surface area contributed by atoms with Gasteiger partial charge < -0.3 is 14.5 Å². The molecule has 3 atom stereocenters. The fourth-order valence-electron chi connectivity index (χ4n) is 4.30. The molecule has 1 amide bonds. The summed E-state index contributed by atoms with van der Waals surface area (Å²) in [6.45, 7) is 0.280. The summed E-state index contributed by atoms with van der Waals surface area (Å²) >= 11 is 0. The molecule has 10 nitrogen and oxygen atoms in total. The molecule has 2 aliphatic heterocycles. The first-order valence-corrected chi connectivity index (χ1v) is 11.6. The standard InChI is InChI=1S/C19H23F2N5O5S/c1-24-17-15(26(32(24,29)30)9-11-8-19(11,20)21)3-2-13(22-17)12-4-6-25(10-16(12)27)18(28)14-5-7-31-23-14/h2-3,5,7,11-12,16,27,29-30H,4,6,8-10H2,1H3. The highest BCUT2D eigenvalue weighted by Gasteiger charge is 2.59. The lowest BCUT2D eigenvalue weighted by atomic mass is 9.90. The number of alkyl halides is 2. The molecule has 0 spiro atoms. The lowest BCUT2D eigenvalue weighted by Gasteiger charge is -2.41. The van der Waals surface area contributed by atoms with Crippen LogP contribution in [-0.2, 0) is 0 Å². The zero-order valence-corrected chi connectivity index (χ0v) is 18.0. The number of carbonyl (C=O) groups is 1. The topological polar surface area (TPSA) is 126 Å². The SMILES string of the molecule is CN1c2nc(C3CCN(C(=O)c4ccon4)CC3O)ccc2N(CC2CC2(F)F)S1(O)O. The Morgan fingerprint density at radius 1 is 1.34 bits per heavy atom. The first kappa shape index (κ1) is 21.4. The third-order valence-corrected chi connectivity index (χ3v) is 8.20. The molecule has 2 fully saturated rings. The molecular formula is C19H23F2N5O5S. The van der Waals surface area contributed by atoms with E-state index in [2.05, 4.69) is 10.1 Å². The van der Waals surface area contributed by atoms with Gasteiger partial charge in [-0.1, -0.05) is 5.16 Å². The van der Waals surface area contributed by atoms with Gasteiger partial charge in [-0.3, -0.25) is 13.9 Å². The van der Waals surface area contributed by atoms with Gasteiger partial charge in [0.05, 0.1) is 6.10 Å². The molecule has 3 aliphatic rings. The molecule has 174 valence electrons. The second kappa shape index (κ2) is 7.27. The zero-order chi connectivity index (χ0) is 22.8. The minimum Gasteiger partial charge on any atom is -0.391 e. The molecule has 2 aromatic rings. The number of anilines is 2. The predicted octanol–water partition coefficient (Wildman–Crippen LogP) is 2.55.